The van der Waals surface area contributed by atoms with Crippen LogP contribution in [0.3, 0.4) is 0 Å². The quantitative estimate of drug-likeness (QED) is 0.603. The molecule has 2 aromatic heterocycles. The van der Waals surface area contributed by atoms with E-state index in [0.717, 1.165) is 33.8 Å². The largest absolute Gasteiger partial charge is 0.326 e. The summed E-state index contributed by atoms with van der Waals surface area (Å²) in [6, 6.07) is 24.0. The standard InChI is InChI=1S/C22H19N3O/c1-16-14-19(12-13-23-16)20-21(18-10-6-3-7-11-18)25(22(26)24-20)15-17-8-4-2-5-9-17/h2-14H,15H2,1H3,(H,24,26). The molecule has 4 heteroatoms. The molecule has 4 nitrogen and oxygen atoms in total. The summed E-state index contributed by atoms with van der Waals surface area (Å²) in [5.41, 5.74) is 5.57. The number of aromatic amines is 1. The van der Waals surface area contributed by atoms with Crippen LogP contribution in [0, 0.1) is 6.92 Å². The normalized spacial score (nSPS) is 10.8. The predicted octanol–water partition coefficient (Wildman–Crippen LogP) is 4.26. The zero-order valence-corrected chi connectivity index (χ0v) is 14.5. The van der Waals surface area contributed by atoms with Gasteiger partial charge in [0.05, 0.1) is 17.9 Å². The SMILES string of the molecule is Cc1cc(-c2[nH]c(=O)n(Cc3ccccc3)c2-c2ccccc2)ccn1. The molecule has 0 aliphatic carbocycles. The summed E-state index contributed by atoms with van der Waals surface area (Å²) in [6.45, 7) is 2.47. The number of aryl methyl sites for hydroxylation is 1. The van der Waals surface area contributed by atoms with Crippen molar-refractivity contribution in [1.29, 1.82) is 0 Å². The number of rotatable bonds is 4. The highest BCUT2D eigenvalue weighted by atomic mass is 16.1. The highest BCUT2D eigenvalue weighted by Gasteiger charge is 2.17. The number of benzene rings is 2. The average molecular weight is 341 g/mol. The number of aromatic nitrogens is 3. The lowest BCUT2D eigenvalue weighted by Crippen LogP contribution is -2.18. The van der Waals surface area contributed by atoms with Crippen molar-refractivity contribution in [2.75, 3.05) is 0 Å². The second-order valence-corrected chi connectivity index (χ2v) is 6.28. The van der Waals surface area contributed by atoms with E-state index in [9.17, 15) is 4.79 Å². The lowest BCUT2D eigenvalue weighted by atomic mass is 10.0. The zero-order valence-electron chi connectivity index (χ0n) is 14.5. The van der Waals surface area contributed by atoms with Crippen LogP contribution in [0.5, 0.6) is 0 Å². The van der Waals surface area contributed by atoms with E-state index < -0.39 is 0 Å². The van der Waals surface area contributed by atoms with E-state index >= 15 is 0 Å². The van der Waals surface area contributed by atoms with E-state index in [1.54, 1.807) is 10.8 Å². The van der Waals surface area contributed by atoms with Gasteiger partial charge in [-0.1, -0.05) is 60.7 Å². The number of nitrogens with one attached hydrogen (secondary N) is 1. The second kappa shape index (κ2) is 6.84. The lowest BCUT2D eigenvalue weighted by molar-refractivity contribution is 0.769. The summed E-state index contributed by atoms with van der Waals surface area (Å²) >= 11 is 0. The van der Waals surface area contributed by atoms with E-state index in [-0.39, 0.29) is 5.69 Å². The van der Waals surface area contributed by atoms with Gasteiger partial charge in [0, 0.05) is 23.0 Å². The Hall–Kier alpha value is -3.40. The minimum atomic E-state index is -0.114. The molecule has 0 radical (unpaired) electrons. The van der Waals surface area contributed by atoms with Crippen molar-refractivity contribution in [3.63, 3.8) is 0 Å². The Balaban J connectivity index is 1.93. The second-order valence-electron chi connectivity index (χ2n) is 6.28. The molecule has 0 saturated heterocycles. The topological polar surface area (TPSA) is 50.7 Å². The smallest absolute Gasteiger partial charge is 0.305 e. The lowest BCUT2D eigenvalue weighted by Gasteiger charge is -2.10. The van der Waals surface area contributed by atoms with Gasteiger partial charge in [0.15, 0.2) is 0 Å². The molecule has 0 spiro atoms. The van der Waals surface area contributed by atoms with Crippen LogP contribution in [0.25, 0.3) is 22.5 Å². The fraction of sp³-hybridized carbons (Fsp3) is 0.0909. The summed E-state index contributed by atoms with van der Waals surface area (Å²) in [4.78, 5) is 20.1. The predicted molar refractivity (Wildman–Crippen MR) is 104 cm³/mol. The molecule has 2 heterocycles. The minimum Gasteiger partial charge on any atom is -0.305 e. The van der Waals surface area contributed by atoms with E-state index in [1.165, 1.54) is 0 Å². The summed E-state index contributed by atoms with van der Waals surface area (Å²) in [7, 11) is 0. The maximum atomic E-state index is 12.8. The number of nitrogens with zero attached hydrogens (tertiary/aromatic N) is 2. The first kappa shape index (κ1) is 16.1. The van der Waals surface area contributed by atoms with Gasteiger partial charge in [0.25, 0.3) is 0 Å². The Bertz CT molecular complexity index is 1080. The molecule has 0 amide bonds. The first-order valence-corrected chi connectivity index (χ1v) is 8.57. The number of hydrogen-bond donors (Lipinski definition) is 1. The highest BCUT2D eigenvalue weighted by molar-refractivity contribution is 5.78. The zero-order chi connectivity index (χ0) is 17.9. The third-order valence-electron chi connectivity index (χ3n) is 4.40. The number of imidazole rings is 1. The Kier molecular flexibility index (Phi) is 4.23. The van der Waals surface area contributed by atoms with Crippen LogP contribution < -0.4 is 5.69 Å². The Labute approximate surface area is 151 Å². The van der Waals surface area contributed by atoms with E-state index in [0.29, 0.717) is 6.54 Å². The molecule has 0 unspecified atom stereocenters. The van der Waals surface area contributed by atoms with Crippen LogP contribution in [0.4, 0.5) is 0 Å². The van der Waals surface area contributed by atoms with Gasteiger partial charge in [0.1, 0.15) is 0 Å². The molecule has 0 bridgehead atoms. The molecule has 26 heavy (non-hydrogen) atoms. The number of pyridine rings is 1. The first-order valence-electron chi connectivity index (χ1n) is 8.57. The fourth-order valence-corrected chi connectivity index (χ4v) is 3.19. The first-order chi connectivity index (χ1) is 12.7. The van der Waals surface area contributed by atoms with Crippen LogP contribution in [0.1, 0.15) is 11.3 Å². The molecule has 128 valence electrons. The van der Waals surface area contributed by atoms with E-state index in [1.807, 2.05) is 79.7 Å². The molecule has 4 aromatic rings. The Morgan fingerprint density at radius 3 is 2.31 bits per heavy atom. The van der Waals surface area contributed by atoms with Crippen LogP contribution in [0.15, 0.2) is 83.8 Å². The van der Waals surface area contributed by atoms with Gasteiger partial charge in [-0.25, -0.2) is 4.79 Å². The van der Waals surface area contributed by atoms with Gasteiger partial charge in [-0.3, -0.25) is 9.55 Å². The van der Waals surface area contributed by atoms with Gasteiger partial charge in [-0.2, -0.15) is 0 Å². The number of hydrogen-bond acceptors (Lipinski definition) is 2. The van der Waals surface area contributed by atoms with Crippen LogP contribution in [-0.2, 0) is 6.54 Å². The van der Waals surface area contributed by atoms with Crippen LogP contribution >= 0.6 is 0 Å². The molecule has 0 fully saturated rings. The fourth-order valence-electron chi connectivity index (χ4n) is 3.19. The van der Waals surface area contributed by atoms with Crippen molar-refractivity contribution in [3.05, 3.63) is 101 Å². The molecule has 0 saturated carbocycles. The third-order valence-corrected chi connectivity index (χ3v) is 4.40. The highest BCUT2D eigenvalue weighted by Crippen LogP contribution is 2.30. The van der Waals surface area contributed by atoms with E-state index in [2.05, 4.69) is 9.97 Å². The van der Waals surface area contributed by atoms with Crippen molar-refractivity contribution < 1.29 is 0 Å². The summed E-state index contributed by atoms with van der Waals surface area (Å²) in [5.74, 6) is 0. The van der Waals surface area contributed by atoms with Crippen molar-refractivity contribution in [2.24, 2.45) is 0 Å². The van der Waals surface area contributed by atoms with Crippen molar-refractivity contribution in [1.82, 2.24) is 14.5 Å². The van der Waals surface area contributed by atoms with Gasteiger partial charge in [-0.15, -0.1) is 0 Å². The molecule has 1 N–H and O–H groups in total. The molecule has 2 aromatic carbocycles. The molecule has 0 aliphatic rings. The van der Waals surface area contributed by atoms with Crippen molar-refractivity contribution in [3.8, 4) is 22.5 Å². The van der Waals surface area contributed by atoms with Gasteiger partial charge in [0.2, 0.25) is 0 Å². The van der Waals surface area contributed by atoms with Gasteiger partial charge >= 0.3 is 5.69 Å². The Morgan fingerprint density at radius 1 is 0.923 bits per heavy atom. The minimum absolute atomic E-state index is 0.114. The number of H-pyrrole nitrogens is 1. The van der Waals surface area contributed by atoms with E-state index in [4.69, 9.17) is 0 Å². The maximum absolute atomic E-state index is 12.8. The molecule has 0 atom stereocenters. The monoisotopic (exact) mass is 341 g/mol. The summed E-state index contributed by atoms with van der Waals surface area (Å²) in [6.07, 6.45) is 1.77. The van der Waals surface area contributed by atoms with Gasteiger partial charge < -0.3 is 4.98 Å². The molecular weight excluding hydrogens is 322 g/mol. The summed E-state index contributed by atoms with van der Waals surface area (Å²) < 4.78 is 1.80. The van der Waals surface area contributed by atoms with Crippen molar-refractivity contribution >= 4 is 0 Å². The average Bonchev–Trinajstić information content (AvgIpc) is 3.00. The molecule has 4 rings (SSSR count). The Morgan fingerprint density at radius 2 is 1.62 bits per heavy atom. The van der Waals surface area contributed by atoms with Gasteiger partial charge in [-0.05, 0) is 24.6 Å². The summed E-state index contributed by atoms with van der Waals surface area (Å²) in [5, 5.41) is 0. The van der Waals surface area contributed by atoms with Crippen molar-refractivity contribution in [2.45, 2.75) is 13.5 Å². The van der Waals surface area contributed by atoms with Crippen LogP contribution in [0.2, 0.25) is 0 Å². The molecular formula is C22H19N3O. The third kappa shape index (κ3) is 3.09. The maximum Gasteiger partial charge on any atom is 0.326 e. The van der Waals surface area contributed by atoms with Crippen LogP contribution in [-0.4, -0.2) is 14.5 Å². The molecule has 0 aliphatic heterocycles.